The second kappa shape index (κ2) is 9.52. The van der Waals surface area contributed by atoms with Crippen molar-refractivity contribution in [3.63, 3.8) is 0 Å². The normalized spacial score (nSPS) is 17.3. The quantitative estimate of drug-likeness (QED) is 0.337. The first-order chi connectivity index (χ1) is 16.0. The van der Waals surface area contributed by atoms with E-state index in [4.69, 9.17) is 9.47 Å². The monoisotopic (exact) mass is 445 g/mol. The molecule has 2 aromatic heterocycles. The molecule has 0 spiro atoms. The number of aliphatic hydroxyl groups is 1. The largest absolute Gasteiger partial charge is 0.507 e. The molecule has 1 N–H and O–H groups in total. The number of ketones is 1. The number of methoxy groups -OCH3 is 1. The van der Waals surface area contributed by atoms with E-state index < -0.39 is 17.7 Å². The number of carbonyl (C=O) groups excluding carboxylic acids is 2. The molecule has 1 aliphatic heterocycles. The Morgan fingerprint density at radius 1 is 1.06 bits per heavy atom. The summed E-state index contributed by atoms with van der Waals surface area (Å²) >= 11 is 0. The average molecular weight is 445 g/mol. The number of benzene rings is 1. The second-order valence-electron chi connectivity index (χ2n) is 7.37. The van der Waals surface area contributed by atoms with E-state index in [2.05, 4.69) is 9.97 Å². The first-order valence-electron chi connectivity index (χ1n) is 10.4. The third-order valence-corrected chi connectivity index (χ3v) is 5.37. The summed E-state index contributed by atoms with van der Waals surface area (Å²) in [6, 6.07) is 11.1. The molecule has 1 amide bonds. The van der Waals surface area contributed by atoms with Crippen LogP contribution in [0.25, 0.3) is 5.76 Å². The van der Waals surface area contributed by atoms with Crippen molar-refractivity contribution in [1.29, 1.82) is 0 Å². The van der Waals surface area contributed by atoms with E-state index in [1.165, 1.54) is 24.4 Å². The number of likely N-dealkylation sites (tertiary alicyclic amines) is 1. The molecule has 0 radical (unpaired) electrons. The Bertz CT molecular complexity index is 1200. The van der Waals surface area contributed by atoms with E-state index in [9.17, 15) is 14.7 Å². The predicted molar refractivity (Wildman–Crippen MR) is 120 cm³/mol. The summed E-state index contributed by atoms with van der Waals surface area (Å²) in [5.74, 6) is -0.715. The average Bonchev–Trinajstić information content (AvgIpc) is 3.10. The highest BCUT2D eigenvalue weighted by atomic mass is 16.5. The number of Topliss-reactive ketones (excluding diaryl/α,β-unsaturated/α-hetero) is 1. The van der Waals surface area contributed by atoms with Gasteiger partial charge in [-0.1, -0.05) is 12.1 Å². The minimum Gasteiger partial charge on any atom is -0.507 e. The lowest BCUT2D eigenvalue weighted by Crippen LogP contribution is -2.29. The maximum Gasteiger partial charge on any atom is 0.295 e. The van der Waals surface area contributed by atoms with Crippen LogP contribution in [0.2, 0.25) is 0 Å². The molecule has 3 aromatic rings. The van der Waals surface area contributed by atoms with Crippen LogP contribution in [0.5, 0.6) is 11.5 Å². The molecule has 8 heteroatoms. The molecular weight excluding hydrogens is 422 g/mol. The number of aliphatic hydroxyl groups excluding tert-OH is 1. The van der Waals surface area contributed by atoms with Crippen molar-refractivity contribution in [2.45, 2.75) is 19.5 Å². The number of hydrogen-bond acceptors (Lipinski definition) is 7. The van der Waals surface area contributed by atoms with Gasteiger partial charge in [0, 0.05) is 36.9 Å². The highest BCUT2D eigenvalue weighted by Gasteiger charge is 2.46. The van der Waals surface area contributed by atoms with E-state index in [0.29, 0.717) is 29.2 Å². The summed E-state index contributed by atoms with van der Waals surface area (Å²) < 4.78 is 11.1. The summed E-state index contributed by atoms with van der Waals surface area (Å²) in [5.41, 5.74) is 1.76. The van der Waals surface area contributed by atoms with Gasteiger partial charge in [-0.15, -0.1) is 0 Å². The highest BCUT2D eigenvalue weighted by molar-refractivity contribution is 6.46. The summed E-state index contributed by atoms with van der Waals surface area (Å²) in [6.07, 6.45) is 6.29. The number of aromatic nitrogens is 2. The zero-order chi connectivity index (χ0) is 23.4. The number of ether oxygens (including phenoxy) is 2. The second-order valence-corrected chi connectivity index (χ2v) is 7.37. The number of nitrogens with zero attached hydrogens (tertiary/aromatic N) is 3. The van der Waals surface area contributed by atoms with Gasteiger partial charge < -0.3 is 19.5 Å². The molecule has 1 aliphatic rings. The molecule has 33 heavy (non-hydrogen) atoms. The molecule has 1 fully saturated rings. The predicted octanol–water partition coefficient (Wildman–Crippen LogP) is 3.51. The smallest absolute Gasteiger partial charge is 0.295 e. The van der Waals surface area contributed by atoms with Crippen LogP contribution < -0.4 is 9.47 Å². The Labute approximate surface area is 191 Å². The van der Waals surface area contributed by atoms with E-state index in [1.54, 1.807) is 48.8 Å². The third kappa shape index (κ3) is 4.27. The van der Waals surface area contributed by atoms with Crippen LogP contribution in [0.1, 0.15) is 29.7 Å². The van der Waals surface area contributed by atoms with Gasteiger partial charge in [0.25, 0.3) is 11.7 Å². The first-order valence-corrected chi connectivity index (χ1v) is 10.4. The fraction of sp³-hybridized carbons (Fsp3) is 0.200. The van der Waals surface area contributed by atoms with Gasteiger partial charge in [0.15, 0.2) is 11.5 Å². The minimum atomic E-state index is -0.831. The van der Waals surface area contributed by atoms with Crippen LogP contribution in [0.3, 0.4) is 0 Å². The highest BCUT2D eigenvalue weighted by Crippen LogP contribution is 2.42. The Kier molecular flexibility index (Phi) is 6.35. The molecule has 168 valence electrons. The fourth-order valence-corrected chi connectivity index (χ4v) is 3.87. The number of amides is 1. The molecule has 0 aliphatic carbocycles. The molecule has 0 bridgehead atoms. The minimum absolute atomic E-state index is 0.00121. The van der Waals surface area contributed by atoms with Gasteiger partial charge >= 0.3 is 0 Å². The van der Waals surface area contributed by atoms with Crippen molar-refractivity contribution in [2.24, 2.45) is 0 Å². The Balaban J connectivity index is 1.87. The SMILES string of the molecule is CCOc1ccc(C2C(=C(O)c3ccncc3)C(=O)C(=O)N2Cc2cccnc2)cc1OC. The van der Waals surface area contributed by atoms with Gasteiger partial charge in [-0.25, -0.2) is 0 Å². The zero-order valence-corrected chi connectivity index (χ0v) is 18.3. The molecule has 4 rings (SSSR count). The van der Waals surface area contributed by atoms with Gasteiger partial charge in [0.1, 0.15) is 5.76 Å². The molecule has 1 saturated heterocycles. The number of carbonyl (C=O) groups is 2. The van der Waals surface area contributed by atoms with Crippen LogP contribution >= 0.6 is 0 Å². The number of hydrogen-bond donors (Lipinski definition) is 1. The lowest BCUT2D eigenvalue weighted by Gasteiger charge is -2.26. The van der Waals surface area contributed by atoms with Crippen LogP contribution in [0.15, 0.2) is 72.8 Å². The Hall–Kier alpha value is -4.20. The van der Waals surface area contributed by atoms with Gasteiger partial charge in [0.05, 0.1) is 25.3 Å². The van der Waals surface area contributed by atoms with Gasteiger partial charge in [-0.05, 0) is 48.4 Å². The molecule has 1 aromatic carbocycles. The topological polar surface area (TPSA) is 102 Å². The van der Waals surface area contributed by atoms with Crippen molar-refractivity contribution < 1.29 is 24.2 Å². The van der Waals surface area contributed by atoms with E-state index >= 15 is 0 Å². The molecule has 1 unspecified atom stereocenters. The molecule has 0 saturated carbocycles. The Morgan fingerprint density at radius 3 is 2.52 bits per heavy atom. The number of rotatable bonds is 7. The Morgan fingerprint density at radius 2 is 1.85 bits per heavy atom. The summed E-state index contributed by atoms with van der Waals surface area (Å²) in [6.45, 7) is 2.47. The van der Waals surface area contributed by atoms with E-state index in [-0.39, 0.29) is 17.9 Å². The first kappa shape index (κ1) is 22.0. The van der Waals surface area contributed by atoms with Crippen LogP contribution in [-0.4, -0.2) is 45.4 Å². The maximum atomic E-state index is 13.1. The molecule has 8 nitrogen and oxygen atoms in total. The van der Waals surface area contributed by atoms with Crippen molar-refractivity contribution in [3.8, 4) is 11.5 Å². The van der Waals surface area contributed by atoms with Gasteiger partial charge in [0.2, 0.25) is 0 Å². The summed E-state index contributed by atoms with van der Waals surface area (Å²) in [4.78, 5) is 35.7. The lowest BCUT2D eigenvalue weighted by atomic mass is 9.95. The lowest BCUT2D eigenvalue weighted by molar-refractivity contribution is -0.140. The fourth-order valence-electron chi connectivity index (χ4n) is 3.87. The van der Waals surface area contributed by atoms with Crippen LogP contribution in [0, 0.1) is 0 Å². The van der Waals surface area contributed by atoms with Crippen LogP contribution in [0.4, 0.5) is 0 Å². The molecule has 1 atom stereocenters. The summed E-state index contributed by atoms with van der Waals surface area (Å²) in [7, 11) is 1.52. The zero-order valence-electron chi connectivity index (χ0n) is 18.3. The third-order valence-electron chi connectivity index (χ3n) is 5.37. The van der Waals surface area contributed by atoms with E-state index in [1.807, 2.05) is 13.0 Å². The summed E-state index contributed by atoms with van der Waals surface area (Å²) in [5, 5.41) is 11.1. The molecular formula is C25H23N3O5. The van der Waals surface area contributed by atoms with Crippen molar-refractivity contribution >= 4 is 17.4 Å². The van der Waals surface area contributed by atoms with Crippen molar-refractivity contribution in [3.05, 3.63) is 89.5 Å². The van der Waals surface area contributed by atoms with Crippen molar-refractivity contribution in [2.75, 3.05) is 13.7 Å². The van der Waals surface area contributed by atoms with E-state index in [0.717, 1.165) is 5.56 Å². The van der Waals surface area contributed by atoms with Crippen LogP contribution in [-0.2, 0) is 16.1 Å². The van der Waals surface area contributed by atoms with Gasteiger partial charge in [-0.3, -0.25) is 19.6 Å². The standard InChI is InChI=1S/C25H23N3O5/c1-3-33-19-7-6-18(13-20(19)32-2)22-21(23(29)17-8-11-26-12-9-17)24(30)25(31)28(22)15-16-5-4-10-27-14-16/h4-14,22,29H,3,15H2,1-2H3. The van der Waals surface area contributed by atoms with Crippen molar-refractivity contribution in [1.82, 2.24) is 14.9 Å². The number of pyridine rings is 2. The van der Waals surface area contributed by atoms with Gasteiger partial charge in [-0.2, -0.15) is 0 Å². The maximum absolute atomic E-state index is 13.1. The molecule has 3 heterocycles.